The Hall–Kier alpha value is -0.790. The fraction of sp³-hybridized carbons (Fsp3) is 0.727. The van der Waals surface area contributed by atoms with Gasteiger partial charge in [0, 0.05) is 6.08 Å². The van der Waals surface area contributed by atoms with E-state index in [9.17, 15) is 4.79 Å². The zero-order valence-electron chi connectivity index (χ0n) is 8.88. The summed E-state index contributed by atoms with van der Waals surface area (Å²) in [6.07, 6.45) is 7.42. The number of carbonyl (C=O) groups is 1. The Balaban J connectivity index is 3.60. The van der Waals surface area contributed by atoms with E-state index in [2.05, 4.69) is 13.8 Å². The summed E-state index contributed by atoms with van der Waals surface area (Å²) in [5.74, 6) is -0.214. The van der Waals surface area contributed by atoms with Crippen molar-refractivity contribution >= 4 is 5.97 Å². The zero-order valence-corrected chi connectivity index (χ0v) is 8.88. The van der Waals surface area contributed by atoms with Gasteiger partial charge < -0.3 is 4.74 Å². The summed E-state index contributed by atoms with van der Waals surface area (Å²) in [6.45, 7) is 6.09. The second-order valence-electron chi connectivity index (χ2n) is 3.23. The van der Waals surface area contributed by atoms with E-state index in [-0.39, 0.29) is 12.1 Å². The van der Waals surface area contributed by atoms with Gasteiger partial charge in [-0.05, 0) is 19.8 Å². The van der Waals surface area contributed by atoms with Crippen LogP contribution >= 0.6 is 0 Å². The molecule has 0 aliphatic carbocycles. The molecule has 76 valence electrons. The molecule has 1 unspecified atom stereocenters. The topological polar surface area (TPSA) is 26.3 Å². The molecule has 0 heterocycles. The fourth-order valence-corrected chi connectivity index (χ4v) is 1.05. The number of esters is 1. The first-order valence-corrected chi connectivity index (χ1v) is 5.07. The van der Waals surface area contributed by atoms with Crippen LogP contribution in [0.15, 0.2) is 12.2 Å². The highest BCUT2D eigenvalue weighted by Gasteiger charge is 2.04. The van der Waals surface area contributed by atoms with Crippen molar-refractivity contribution < 1.29 is 9.53 Å². The van der Waals surface area contributed by atoms with Crippen LogP contribution in [0.4, 0.5) is 0 Å². The van der Waals surface area contributed by atoms with Crippen LogP contribution in [-0.2, 0) is 9.53 Å². The lowest BCUT2D eigenvalue weighted by molar-refractivity contribution is -0.142. The van der Waals surface area contributed by atoms with Gasteiger partial charge in [-0.2, -0.15) is 0 Å². The Morgan fingerprint density at radius 2 is 2.08 bits per heavy atom. The quantitative estimate of drug-likeness (QED) is 0.468. The highest BCUT2D eigenvalue weighted by Crippen LogP contribution is 2.01. The van der Waals surface area contributed by atoms with Crippen molar-refractivity contribution in [1.82, 2.24) is 0 Å². The van der Waals surface area contributed by atoms with Crippen molar-refractivity contribution in [2.45, 2.75) is 52.6 Å². The van der Waals surface area contributed by atoms with E-state index in [1.165, 1.54) is 6.08 Å². The second-order valence-corrected chi connectivity index (χ2v) is 3.23. The summed E-state index contributed by atoms with van der Waals surface area (Å²) in [4.78, 5) is 11.1. The Kier molecular flexibility index (Phi) is 7.36. The molecule has 2 nitrogen and oxygen atoms in total. The van der Waals surface area contributed by atoms with Crippen LogP contribution in [0.3, 0.4) is 0 Å². The maximum atomic E-state index is 11.1. The third-order valence-electron chi connectivity index (χ3n) is 1.72. The summed E-state index contributed by atoms with van der Waals surface area (Å²) < 4.78 is 5.11. The third kappa shape index (κ3) is 7.57. The van der Waals surface area contributed by atoms with E-state index in [0.29, 0.717) is 0 Å². The van der Waals surface area contributed by atoms with Gasteiger partial charge in [-0.15, -0.1) is 0 Å². The summed E-state index contributed by atoms with van der Waals surface area (Å²) in [7, 11) is 0. The molecule has 0 spiro atoms. The fourth-order valence-electron chi connectivity index (χ4n) is 1.05. The van der Waals surface area contributed by atoms with Crippen LogP contribution < -0.4 is 0 Å². The third-order valence-corrected chi connectivity index (χ3v) is 1.72. The van der Waals surface area contributed by atoms with Crippen molar-refractivity contribution in [3.05, 3.63) is 12.2 Å². The molecule has 0 bridgehead atoms. The van der Waals surface area contributed by atoms with Gasteiger partial charge in [0.1, 0.15) is 0 Å². The van der Waals surface area contributed by atoms with Gasteiger partial charge in [-0.1, -0.05) is 32.8 Å². The summed E-state index contributed by atoms with van der Waals surface area (Å²) in [5, 5.41) is 0. The summed E-state index contributed by atoms with van der Waals surface area (Å²) in [6, 6.07) is 0. The van der Waals surface area contributed by atoms with Gasteiger partial charge in [0.05, 0.1) is 6.10 Å². The van der Waals surface area contributed by atoms with Crippen molar-refractivity contribution in [3.8, 4) is 0 Å². The van der Waals surface area contributed by atoms with Crippen molar-refractivity contribution in [1.29, 1.82) is 0 Å². The van der Waals surface area contributed by atoms with E-state index in [1.807, 2.05) is 13.0 Å². The first-order chi connectivity index (χ1) is 6.20. The molecule has 0 rings (SSSR count). The molecule has 0 aromatic heterocycles. The molecule has 0 aliphatic heterocycles. The van der Waals surface area contributed by atoms with Crippen molar-refractivity contribution in [2.24, 2.45) is 0 Å². The molecule has 0 N–H and O–H groups in total. The van der Waals surface area contributed by atoms with Gasteiger partial charge in [-0.3, -0.25) is 0 Å². The standard InChI is InChI=1S/C11H20O2/c1-4-6-7-9-11(12)13-10(3)8-5-2/h7,9-10H,4-6,8H2,1-3H3/b9-7+. The number of hydrogen-bond donors (Lipinski definition) is 0. The highest BCUT2D eigenvalue weighted by atomic mass is 16.5. The van der Waals surface area contributed by atoms with Gasteiger partial charge in [-0.25, -0.2) is 4.79 Å². The van der Waals surface area contributed by atoms with Crippen LogP contribution in [0.5, 0.6) is 0 Å². The lowest BCUT2D eigenvalue weighted by Crippen LogP contribution is -2.12. The molecular weight excluding hydrogens is 164 g/mol. The first kappa shape index (κ1) is 12.2. The Morgan fingerprint density at radius 3 is 2.62 bits per heavy atom. The Labute approximate surface area is 81.0 Å². The van der Waals surface area contributed by atoms with E-state index in [4.69, 9.17) is 4.74 Å². The number of carbonyl (C=O) groups excluding carboxylic acids is 1. The smallest absolute Gasteiger partial charge is 0.330 e. The van der Waals surface area contributed by atoms with Crippen LogP contribution in [0.2, 0.25) is 0 Å². The minimum atomic E-state index is -0.214. The van der Waals surface area contributed by atoms with E-state index in [0.717, 1.165) is 25.7 Å². The molecule has 0 saturated heterocycles. The van der Waals surface area contributed by atoms with E-state index in [1.54, 1.807) is 0 Å². The normalized spacial score (nSPS) is 13.2. The van der Waals surface area contributed by atoms with Gasteiger partial charge in [0.25, 0.3) is 0 Å². The number of hydrogen-bond acceptors (Lipinski definition) is 2. The molecule has 0 radical (unpaired) electrons. The van der Waals surface area contributed by atoms with Crippen LogP contribution in [0.25, 0.3) is 0 Å². The van der Waals surface area contributed by atoms with Gasteiger partial charge in [0.15, 0.2) is 0 Å². The lowest BCUT2D eigenvalue weighted by atomic mass is 10.2. The molecule has 0 aliphatic rings. The highest BCUT2D eigenvalue weighted by molar-refractivity contribution is 5.81. The van der Waals surface area contributed by atoms with E-state index < -0.39 is 0 Å². The molecule has 0 amide bonds. The maximum absolute atomic E-state index is 11.1. The average Bonchev–Trinajstić information content (AvgIpc) is 2.05. The molecule has 2 heteroatoms. The lowest BCUT2D eigenvalue weighted by Gasteiger charge is -2.09. The Morgan fingerprint density at radius 1 is 1.38 bits per heavy atom. The van der Waals surface area contributed by atoms with Crippen molar-refractivity contribution in [3.63, 3.8) is 0 Å². The first-order valence-electron chi connectivity index (χ1n) is 5.07. The number of ether oxygens (including phenoxy) is 1. The predicted molar refractivity (Wildman–Crippen MR) is 54.5 cm³/mol. The molecule has 13 heavy (non-hydrogen) atoms. The predicted octanol–water partition coefficient (Wildman–Crippen LogP) is 3.07. The number of unbranched alkanes of at least 4 members (excludes halogenated alkanes) is 1. The van der Waals surface area contributed by atoms with Crippen LogP contribution in [0, 0.1) is 0 Å². The average molecular weight is 184 g/mol. The Bertz CT molecular complexity index is 161. The van der Waals surface area contributed by atoms with Crippen LogP contribution in [0.1, 0.15) is 46.5 Å². The minimum absolute atomic E-state index is 0.0452. The second kappa shape index (κ2) is 7.84. The molecule has 0 fully saturated rings. The van der Waals surface area contributed by atoms with Gasteiger partial charge >= 0.3 is 5.97 Å². The van der Waals surface area contributed by atoms with Gasteiger partial charge in [0.2, 0.25) is 0 Å². The number of allylic oxidation sites excluding steroid dienone is 1. The van der Waals surface area contributed by atoms with E-state index >= 15 is 0 Å². The monoisotopic (exact) mass is 184 g/mol. The molecule has 1 atom stereocenters. The largest absolute Gasteiger partial charge is 0.460 e. The van der Waals surface area contributed by atoms with Crippen LogP contribution in [-0.4, -0.2) is 12.1 Å². The summed E-state index contributed by atoms with van der Waals surface area (Å²) >= 11 is 0. The number of rotatable bonds is 6. The molecule has 0 aromatic rings. The van der Waals surface area contributed by atoms with Crippen molar-refractivity contribution in [2.75, 3.05) is 0 Å². The zero-order chi connectivity index (χ0) is 10.1. The summed E-state index contributed by atoms with van der Waals surface area (Å²) in [5.41, 5.74) is 0. The molecule has 0 saturated carbocycles. The SMILES string of the molecule is CCC/C=C/C(=O)OC(C)CCC. The molecule has 0 aromatic carbocycles. The minimum Gasteiger partial charge on any atom is -0.460 e. The molecular formula is C11H20O2. The maximum Gasteiger partial charge on any atom is 0.330 e.